The van der Waals surface area contributed by atoms with Crippen LogP contribution in [0.5, 0.6) is 5.75 Å². The van der Waals surface area contributed by atoms with Crippen molar-refractivity contribution in [3.05, 3.63) is 72.8 Å². The third kappa shape index (κ3) is 3.61. The van der Waals surface area contributed by atoms with E-state index in [0.29, 0.717) is 23.0 Å². The lowest BCUT2D eigenvalue weighted by molar-refractivity contribution is -0.123. The summed E-state index contributed by atoms with van der Waals surface area (Å²) in [5.41, 5.74) is 3.60. The summed E-state index contributed by atoms with van der Waals surface area (Å²) in [6, 6.07) is 22.0. The Balaban J connectivity index is 1.32. The number of carbonyl (C=O) groups is 2. The van der Waals surface area contributed by atoms with Crippen LogP contribution in [0.15, 0.2) is 77.2 Å². The zero-order valence-corrected chi connectivity index (χ0v) is 16.7. The normalized spacial score (nSPS) is 15.3. The van der Waals surface area contributed by atoms with Crippen molar-refractivity contribution in [2.45, 2.75) is 13.0 Å². The van der Waals surface area contributed by atoms with E-state index >= 15 is 0 Å². The van der Waals surface area contributed by atoms with Crippen molar-refractivity contribution in [1.82, 2.24) is 4.98 Å². The number of aromatic nitrogens is 1. The highest BCUT2D eigenvalue weighted by Gasteiger charge is 2.32. The molecule has 31 heavy (non-hydrogen) atoms. The van der Waals surface area contributed by atoms with Gasteiger partial charge in [0.2, 0.25) is 11.8 Å². The smallest absolute Gasteiger partial charge is 0.267 e. The Morgan fingerprint density at radius 1 is 1.00 bits per heavy atom. The van der Waals surface area contributed by atoms with Crippen LogP contribution in [-0.2, 0) is 9.59 Å². The topological polar surface area (TPSA) is 84.7 Å². The molecule has 1 aromatic heterocycles. The highest BCUT2D eigenvalue weighted by molar-refractivity contribution is 5.99. The maximum absolute atomic E-state index is 12.8. The fraction of sp³-hybridized carbons (Fsp3) is 0.125. The van der Waals surface area contributed by atoms with E-state index in [9.17, 15) is 9.59 Å². The monoisotopic (exact) mass is 413 g/mol. The van der Waals surface area contributed by atoms with Crippen molar-refractivity contribution in [2.24, 2.45) is 0 Å². The van der Waals surface area contributed by atoms with Crippen molar-refractivity contribution >= 4 is 34.3 Å². The molecule has 0 unspecified atom stereocenters. The Labute approximate surface area is 178 Å². The summed E-state index contributed by atoms with van der Waals surface area (Å²) in [7, 11) is 0. The predicted molar refractivity (Wildman–Crippen MR) is 117 cm³/mol. The van der Waals surface area contributed by atoms with Gasteiger partial charge in [0.1, 0.15) is 11.3 Å². The van der Waals surface area contributed by atoms with E-state index in [2.05, 4.69) is 10.3 Å². The van der Waals surface area contributed by atoms with E-state index in [-0.39, 0.29) is 18.4 Å². The molecule has 7 nitrogen and oxygen atoms in total. The molecule has 2 amide bonds. The Kier molecular flexibility index (Phi) is 4.63. The third-order valence-corrected chi connectivity index (χ3v) is 5.14. The van der Waals surface area contributed by atoms with Crippen molar-refractivity contribution in [1.29, 1.82) is 0 Å². The van der Waals surface area contributed by atoms with Gasteiger partial charge in [-0.3, -0.25) is 9.59 Å². The van der Waals surface area contributed by atoms with Gasteiger partial charge in [-0.2, -0.15) is 0 Å². The number of nitrogens with one attached hydrogen (secondary N) is 1. The van der Waals surface area contributed by atoms with Gasteiger partial charge in [0.05, 0.1) is 12.2 Å². The first-order chi connectivity index (χ1) is 15.1. The second-order valence-electron chi connectivity index (χ2n) is 7.26. The van der Waals surface area contributed by atoms with E-state index < -0.39 is 6.10 Å². The van der Waals surface area contributed by atoms with Crippen molar-refractivity contribution in [3.8, 4) is 17.2 Å². The lowest BCUT2D eigenvalue weighted by Gasteiger charge is -2.33. The molecule has 1 N–H and O–H groups in total. The van der Waals surface area contributed by atoms with E-state index in [0.717, 1.165) is 16.7 Å². The molecular weight excluding hydrogens is 394 g/mol. The van der Waals surface area contributed by atoms with Crippen LogP contribution in [0, 0.1) is 0 Å². The van der Waals surface area contributed by atoms with Gasteiger partial charge in [0.25, 0.3) is 5.91 Å². The van der Waals surface area contributed by atoms with Crippen LogP contribution in [0.2, 0.25) is 0 Å². The summed E-state index contributed by atoms with van der Waals surface area (Å²) < 4.78 is 11.6. The summed E-state index contributed by atoms with van der Waals surface area (Å²) in [4.78, 5) is 30.9. The van der Waals surface area contributed by atoms with Gasteiger partial charge in [-0.25, -0.2) is 4.98 Å². The van der Waals surface area contributed by atoms with Crippen LogP contribution < -0.4 is 15.0 Å². The van der Waals surface area contributed by atoms with Gasteiger partial charge in [-0.15, -0.1) is 0 Å². The van der Waals surface area contributed by atoms with Crippen LogP contribution in [0.4, 0.5) is 11.4 Å². The summed E-state index contributed by atoms with van der Waals surface area (Å²) in [5.74, 6) is 0.561. The van der Waals surface area contributed by atoms with E-state index in [1.807, 2.05) is 48.5 Å². The SMILES string of the molecule is CC(=O)N1C[C@@H](C(=O)Nc2ccc(-c3nc4ccccc4o3)cc2)Oc2ccccc21. The Hall–Kier alpha value is -4.13. The number of anilines is 2. The van der Waals surface area contributed by atoms with Crippen LogP contribution in [0.25, 0.3) is 22.6 Å². The molecule has 0 radical (unpaired) electrons. The molecule has 154 valence electrons. The fourth-order valence-corrected chi connectivity index (χ4v) is 3.58. The van der Waals surface area contributed by atoms with Crippen LogP contribution in [0.3, 0.4) is 0 Å². The standard InChI is InChI=1S/C24H19N3O4/c1-15(28)27-14-22(30-21-9-5-3-7-19(21)27)23(29)25-17-12-10-16(11-13-17)24-26-18-6-2-4-8-20(18)31-24/h2-13,22H,14H2,1H3,(H,25,29)/t22-/m0/s1. The first-order valence-electron chi connectivity index (χ1n) is 9.89. The van der Waals surface area contributed by atoms with Crippen molar-refractivity contribution in [3.63, 3.8) is 0 Å². The lowest BCUT2D eigenvalue weighted by atomic mass is 10.1. The molecule has 2 heterocycles. The molecule has 1 aliphatic heterocycles. The predicted octanol–water partition coefficient (Wildman–Crippen LogP) is 4.25. The molecule has 1 aliphatic rings. The first kappa shape index (κ1) is 18.9. The quantitative estimate of drug-likeness (QED) is 0.543. The Morgan fingerprint density at radius 2 is 1.74 bits per heavy atom. The minimum absolute atomic E-state index is 0.142. The number of oxazole rings is 1. The zero-order valence-electron chi connectivity index (χ0n) is 16.7. The van der Waals surface area contributed by atoms with Gasteiger partial charge >= 0.3 is 0 Å². The number of carbonyl (C=O) groups excluding carboxylic acids is 2. The van der Waals surface area contributed by atoms with Gasteiger partial charge in [-0.05, 0) is 48.5 Å². The Morgan fingerprint density at radius 3 is 2.52 bits per heavy atom. The number of para-hydroxylation sites is 4. The molecule has 0 saturated heterocycles. The average molecular weight is 413 g/mol. The van der Waals surface area contributed by atoms with Gasteiger partial charge in [0, 0.05) is 18.2 Å². The van der Waals surface area contributed by atoms with Gasteiger partial charge < -0.3 is 19.4 Å². The lowest BCUT2D eigenvalue weighted by Crippen LogP contribution is -2.48. The van der Waals surface area contributed by atoms with E-state index in [1.165, 1.54) is 6.92 Å². The largest absolute Gasteiger partial charge is 0.476 e. The Bertz CT molecular complexity index is 1250. The number of rotatable bonds is 3. The highest BCUT2D eigenvalue weighted by Crippen LogP contribution is 2.33. The number of ether oxygens (including phenoxy) is 1. The molecule has 0 spiro atoms. The molecule has 0 fully saturated rings. The molecular formula is C24H19N3O4. The van der Waals surface area contributed by atoms with Crippen molar-refractivity contribution in [2.75, 3.05) is 16.8 Å². The minimum atomic E-state index is -0.810. The second-order valence-corrected chi connectivity index (χ2v) is 7.26. The molecule has 1 atom stereocenters. The molecule has 4 aromatic rings. The number of fused-ring (bicyclic) bond motifs is 2. The van der Waals surface area contributed by atoms with Crippen molar-refractivity contribution < 1.29 is 18.7 Å². The molecule has 0 bridgehead atoms. The summed E-state index contributed by atoms with van der Waals surface area (Å²) in [6.07, 6.45) is -0.810. The molecule has 3 aromatic carbocycles. The summed E-state index contributed by atoms with van der Waals surface area (Å²) in [5, 5.41) is 2.85. The summed E-state index contributed by atoms with van der Waals surface area (Å²) >= 11 is 0. The number of hydrogen-bond acceptors (Lipinski definition) is 5. The third-order valence-electron chi connectivity index (χ3n) is 5.14. The number of benzene rings is 3. The number of hydrogen-bond donors (Lipinski definition) is 1. The molecule has 7 heteroatoms. The second kappa shape index (κ2) is 7.60. The van der Waals surface area contributed by atoms with E-state index in [4.69, 9.17) is 9.15 Å². The number of nitrogens with zero attached hydrogens (tertiary/aromatic N) is 2. The minimum Gasteiger partial charge on any atom is -0.476 e. The fourth-order valence-electron chi connectivity index (χ4n) is 3.58. The highest BCUT2D eigenvalue weighted by atomic mass is 16.5. The maximum Gasteiger partial charge on any atom is 0.267 e. The van der Waals surface area contributed by atoms with Crippen LogP contribution >= 0.6 is 0 Å². The molecule has 0 saturated carbocycles. The van der Waals surface area contributed by atoms with Crippen LogP contribution in [-0.4, -0.2) is 29.4 Å². The maximum atomic E-state index is 12.8. The van der Waals surface area contributed by atoms with E-state index in [1.54, 1.807) is 29.2 Å². The average Bonchev–Trinajstić information content (AvgIpc) is 3.23. The summed E-state index contributed by atoms with van der Waals surface area (Å²) in [6.45, 7) is 1.63. The van der Waals surface area contributed by atoms with Crippen LogP contribution in [0.1, 0.15) is 6.92 Å². The molecule has 0 aliphatic carbocycles. The zero-order chi connectivity index (χ0) is 21.4. The van der Waals surface area contributed by atoms with Gasteiger partial charge in [-0.1, -0.05) is 24.3 Å². The van der Waals surface area contributed by atoms with Gasteiger partial charge in [0.15, 0.2) is 11.7 Å². The number of amides is 2. The molecule has 5 rings (SSSR count). The first-order valence-corrected chi connectivity index (χ1v) is 9.89.